The number of thioether (sulfide) groups is 1. The molecule has 71 heavy (non-hydrogen) atoms. The minimum Gasteiger partial charge on any atom is -0.467 e. The monoisotopic (exact) mass is 1040 g/mol. The third-order valence-corrected chi connectivity index (χ3v) is 9.42. The van der Waals surface area contributed by atoms with Gasteiger partial charge in [0.2, 0.25) is 0 Å². The number of hydrogen-bond donors (Lipinski definition) is 5. The Balaban J connectivity index is -0.000000261. The molecule has 0 bridgehead atoms. The highest BCUT2D eigenvalue weighted by Gasteiger charge is 2.25. The van der Waals surface area contributed by atoms with Gasteiger partial charge in [-0.3, -0.25) is 19.2 Å². The van der Waals surface area contributed by atoms with Crippen LogP contribution in [0.15, 0.2) is 0 Å². The minimum atomic E-state index is -0.663. The standard InChI is InChI=1S/C15H30N2O4.C10H21NO2.C10H20O2S.2C9H19NO2/c1-11(2)16-10-8-7-9-12(13(18)20-6)17-14(19)21-15(3,4)5;1-7(2)10(12)13-6-9(5)11-8(3)4;1-8(2)12-6-7-13-9(11)10(3,4)5;2*1-6(2)10-8(5)9(11)12-7(3)4/h11-12,16H,7-10H2,1-6H3,(H,17,19);7-9,11H,6H2,1-5H3;8H,6-7H2,1-5H3;2*6-8,10H,1-5H3/t12-;9-;;2*8-/m01.10/s1. The zero-order valence-electron chi connectivity index (χ0n) is 49.7. The molecular weight excluding hydrogens is 931 g/mol. The van der Waals surface area contributed by atoms with Crippen molar-refractivity contribution >= 4 is 46.8 Å². The maximum absolute atomic E-state index is 11.7. The average Bonchev–Trinajstić information content (AvgIpc) is 3.19. The Morgan fingerprint density at radius 2 is 1.00 bits per heavy atom. The van der Waals surface area contributed by atoms with E-state index in [1.165, 1.54) is 18.9 Å². The molecule has 0 saturated heterocycles. The molecule has 4 atom stereocenters. The number of carbonyl (C=O) groups is 6. The fourth-order valence-electron chi connectivity index (χ4n) is 5.14. The molecule has 1 amide bonds. The van der Waals surface area contributed by atoms with Crippen molar-refractivity contribution in [2.45, 2.75) is 265 Å². The molecular formula is C53H109N5O12S. The third-order valence-electron chi connectivity index (χ3n) is 8.17. The van der Waals surface area contributed by atoms with Crippen LogP contribution in [0, 0.1) is 11.3 Å². The van der Waals surface area contributed by atoms with Crippen LogP contribution in [0.3, 0.4) is 0 Å². The van der Waals surface area contributed by atoms with Gasteiger partial charge in [0.25, 0.3) is 0 Å². The Morgan fingerprint density at radius 1 is 0.549 bits per heavy atom. The van der Waals surface area contributed by atoms with E-state index in [0.29, 0.717) is 43.8 Å². The van der Waals surface area contributed by atoms with Crippen LogP contribution < -0.4 is 26.6 Å². The highest BCUT2D eigenvalue weighted by molar-refractivity contribution is 8.13. The number of amides is 1. The van der Waals surface area contributed by atoms with E-state index in [4.69, 9.17) is 28.4 Å². The fraction of sp³-hybridized carbons (Fsp3) is 0.887. The molecule has 0 aliphatic carbocycles. The number of methoxy groups -OCH3 is 1. The summed E-state index contributed by atoms with van der Waals surface area (Å²) in [5, 5.41) is 15.5. The van der Waals surface area contributed by atoms with E-state index >= 15 is 0 Å². The van der Waals surface area contributed by atoms with Gasteiger partial charge in [-0.25, -0.2) is 9.59 Å². The van der Waals surface area contributed by atoms with Crippen LogP contribution in [0.25, 0.3) is 0 Å². The van der Waals surface area contributed by atoms with Crippen LogP contribution in [-0.2, 0) is 52.4 Å². The van der Waals surface area contributed by atoms with Crippen molar-refractivity contribution in [2.75, 3.05) is 32.6 Å². The Hall–Kier alpha value is -3.03. The van der Waals surface area contributed by atoms with Crippen molar-refractivity contribution < 1.29 is 57.2 Å². The van der Waals surface area contributed by atoms with E-state index in [0.717, 1.165) is 25.1 Å². The second kappa shape index (κ2) is 43.4. The molecule has 0 aromatic rings. The van der Waals surface area contributed by atoms with Crippen molar-refractivity contribution in [3.63, 3.8) is 0 Å². The third kappa shape index (κ3) is 57.7. The van der Waals surface area contributed by atoms with Gasteiger partial charge in [-0.05, 0) is 109 Å². The first-order chi connectivity index (χ1) is 32.3. The summed E-state index contributed by atoms with van der Waals surface area (Å²) in [6.45, 7) is 50.1. The van der Waals surface area contributed by atoms with Crippen LogP contribution in [0.2, 0.25) is 0 Å². The molecule has 0 aliphatic rings. The largest absolute Gasteiger partial charge is 0.467 e. The Bertz CT molecular complexity index is 1360. The van der Waals surface area contributed by atoms with Crippen molar-refractivity contribution in [1.29, 1.82) is 0 Å². The molecule has 0 saturated carbocycles. The highest BCUT2D eigenvalue weighted by Crippen LogP contribution is 2.22. The smallest absolute Gasteiger partial charge is 0.408 e. The maximum atomic E-state index is 11.7. The number of rotatable bonds is 25. The van der Waals surface area contributed by atoms with Gasteiger partial charge in [0.15, 0.2) is 5.12 Å². The zero-order valence-corrected chi connectivity index (χ0v) is 50.5. The molecule has 18 heteroatoms. The molecule has 5 N–H and O–H groups in total. The van der Waals surface area contributed by atoms with E-state index < -0.39 is 23.7 Å². The van der Waals surface area contributed by atoms with Crippen LogP contribution in [-0.4, -0.2) is 140 Å². The lowest BCUT2D eigenvalue weighted by Crippen LogP contribution is -2.44. The first-order valence-electron chi connectivity index (χ1n) is 25.7. The molecule has 0 spiro atoms. The molecule has 0 aromatic carbocycles. The topological polar surface area (TPSA) is 218 Å². The van der Waals surface area contributed by atoms with Crippen molar-refractivity contribution in [2.24, 2.45) is 11.3 Å². The molecule has 0 rings (SSSR count). The normalized spacial score (nSPS) is 13.1. The molecule has 424 valence electrons. The second-order valence-electron chi connectivity index (χ2n) is 21.7. The lowest BCUT2D eigenvalue weighted by Gasteiger charge is -2.22. The lowest BCUT2D eigenvalue weighted by atomic mass is 10.00. The number of esters is 4. The predicted molar refractivity (Wildman–Crippen MR) is 292 cm³/mol. The zero-order chi connectivity index (χ0) is 56.8. The Morgan fingerprint density at radius 3 is 1.34 bits per heavy atom. The summed E-state index contributed by atoms with van der Waals surface area (Å²) in [5.74, 6) is -0.215. The van der Waals surface area contributed by atoms with Crippen LogP contribution in [0.5, 0.6) is 0 Å². The summed E-state index contributed by atoms with van der Waals surface area (Å²) >= 11 is 1.36. The first kappa shape index (κ1) is 76.9. The Labute approximate surface area is 437 Å². The van der Waals surface area contributed by atoms with E-state index in [1.807, 2.05) is 125 Å². The van der Waals surface area contributed by atoms with Gasteiger partial charge in [-0.2, -0.15) is 0 Å². The quantitative estimate of drug-likeness (QED) is 0.0327. The number of ether oxygens (including phenoxy) is 6. The van der Waals surface area contributed by atoms with Gasteiger partial charge in [0, 0.05) is 41.4 Å². The van der Waals surface area contributed by atoms with Gasteiger partial charge in [0.1, 0.15) is 30.3 Å². The minimum absolute atomic E-state index is 0.0334. The maximum Gasteiger partial charge on any atom is 0.408 e. The first-order valence-corrected chi connectivity index (χ1v) is 26.7. The van der Waals surface area contributed by atoms with Gasteiger partial charge in [0.05, 0.1) is 37.9 Å². The number of alkyl carbamates (subject to hydrolysis) is 1. The molecule has 0 fully saturated rings. The summed E-state index contributed by atoms with van der Waals surface area (Å²) in [6.07, 6.45) is 1.87. The van der Waals surface area contributed by atoms with Crippen LogP contribution in [0.4, 0.5) is 4.79 Å². The fourth-order valence-corrected chi connectivity index (χ4v) is 5.93. The molecule has 0 radical (unpaired) electrons. The summed E-state index contributed by atoms with van der Waals surface area (Å²) in [5.41, 5.74) is -0.825. The van der Waals surface area contributed by atoms with E-state index in [2.05, 4.69) is 54.3 Å². The molecule has 17 nitrogen and oxygen atoms in total. The number of hydrogen-bond acceptors (Lipinski definition) is 17. The Kier molecular flexibility index (Phi) is 47.0. The summed E-state index contributed by atoms with van der Waals surface area (Å²) in [6, 6.07) is 0.611. The summed E-state index contributed by atoms with van der Waals surface area (Å²) < 4.78 is 30.3. The average molecular weight is 1040 g/mol. The predicted octanol–water partition coefficient (Wildman–Crippen LogP) is 9.16. The van der Waals surface area contributed by atoms with Gasteiger partial charge in [-0.15, -0.1) is 0 Å². The van der Waals surface area contributed by atoms with E-state index in [1.54, 1.807) is 20.8 Å². The molecule has 0 unspecified atom stereocenters. The van der Waals surface area contributed by atoms with Crippen molar-refractivity contribution in [3.8, 4) is 0 Å². The van der Waals surface area contributed by atoms with E-state index in [-0.39, 0.29) is 70.8 Å². The van der Waals surface area contributed by atoms with Gasteiger partial charge < -0.3 is 55.0 Å². The number of unbranched alkanes of at least 4 members (excludes halogenated alkanes) is 1. The highest BCUT2D eigenvalue weighted by atomic mass is 32.2. The van der Waals surface area contributed by atoms with Gasteiger partial charge >= 0.3 is 30.0 Å². The SMILES string of the molecule is CC(C)N[C@@H](C)C(=O)OC(C)C.CC(C)N[C@H](C)C(=O)OC(C)C.CC(C)N[C@H](C)COC(=O)C(C)C.CC(C)OCCSC(=O)C(C)(C)C.COC(=O)[C@H](CCCCNC(C)C)NC(=O)OC(C)(C)C. The summed E-state index contributed by atoms with van der Waals surface area (Å²) in [7, 11) is 1.31. The lowest BCUT2D eigenvalue weighted by molar-refractivity contribution is -0.150. The molecule has 0 aliphatic heterocycles. The number of carbonyl (C=O) groups excluding carboxylic acids is 6. The van der Waals surface area contributed by atoms with Crippen LogP contribution in [0.1, 0.15) is 192 Å². The van der Waals surface area contributed by atoms with Gasteiger partial charge in [-0.1, -0.05) is 102 Å². The molecule has 0 heterocycles. The van der Waals surface area contributed by atoms with Crippen LogP contribution >= 0.6 is 11.8 Å². The van der Waals surface area contributed by atoms with E-state index in [9.17, 15) is 28.8 Å². The van der Waals surface area contributed by atoms with Crippen molar-refractivity contribution in [1.82, 2.24) is 26.6 Å². The molecule has 0 aromatic heterocycles. The number of nitrogens with one attached hydrogen (secondary N) is 5. The second-order valence-corrected chi connectivity index (χ2v) is 22.8. The van der Waals surface area contributed by atoms with Crippen molar-refractivity contribution in [3.05, 3.63) is 0 Å². The summed E-state index contributed by atoms with van der Waals surface area (Å²) in [4.78, 5) is 68.3.